The van der Waals surface area contributed by atoms with Gasteiger partial charge in [0.15, 0.2) is 0 Å². The molecule has 7 heteroatoms. The van der Waals surface area contributed by atoms with Gasteiger partial charge in [0.25, 0.3) is 5.91 Å². The highest BCUT2D eigenvalue weighted by Gasteiger charge is 2.25. The van der Waals surface area contributed by atoms with E-state index in [1.165, 1.54) is 11.3 Å². The summed E-state index contributed by atoms with van der Waals surface area (Å²) in [5, 5.41) is 2.60. The van der Waals surface area contributed by atoms with Crippen LogP contribution >= 0.6 is 11.3 Å². The molecule has 1 aromatic carbocycles. The third-order valence-corrected chi connectivity index (χ3v) is 7.19. The minimum absolute atomic E-state index is 0.115. The highest BCUT2D eigenvalue weighted by Crippen LogP contribution is 2.29. The average Bonchev–Trinajstić information content (AvgIpc) is 3.12. The van der Waals surface area contributed by atoms with Gasteiger partial charge < -0.3 is 5.32 Å². The van der Waals surface area contributed by atoms with E-state index in [-0.39, 0.29) is 5.91 Å². The summed E-state index contributed by atoms with van der Waals surface area (Å²) in [6, 6.07) is 10.6. The summed E-state index contributed by atoms with van der Waals surface area (Å²) in [6.07, 6.45) is 2.95. The first-order chi connectivity index (χ1) is 11.5. The third-order valence-electron chi connectivity index (χ3n) is 4.15. The van der Waals surface area contributed by atoms with Gasteiger partial charge in [0.05, 0.1) is 9.77 Å². The number of nitrogens with zero attached hydrogens (tertiary/aromatic N) is 1. The van der Waals surface area contributed by atoms with Gasteiger partial charge in [-0.25, -0.2) is 8.42 Å². The fourth-order valence-corrected chi connectivity index (χ4v) is 5.26. The van der Waals surface area contributed by atoms with Crippen molar-refractivity contribution in [3.63, 3.8) is 0 Å². The van der Waals surface area contributed by atoms with Crippen LogP contribution in [0.1, 0.15) is 28.9 Å². The third kappa shape index (κ3) is 3.38. The quantitative estimate of drug-likeness (QED) is 0.907. The number of sulfonamides is 1. The van der Waals surface area contributed by atoms with Crippen LogP contribution in [-0.4, -0.2) is 38.8 Å². The van der Waals surface area contributed by atoms with Crippen molar-refractivity contribution in [2.45, 2.75) is 24.2 Å². The minimum atomic E-state index is -3.40. The van der Waals surface area contributed by atoms with Crippen LogP contribution in [0.25, 0.3) is 10.4 Å². The van der Waals surface area contributed by atoms with E-state index in [1.54, 1.807) is 41.7 Å². The smallest absolute Gasteiger partial charge is 0.261 e. The molecular weight excluding hydrogens is 344 g/mol. The van der Waals surface area contributed by atoms with Gasteiger partial charge >= 0.3 is 0 Å². The van der Waals surface area contributed by atoms with Crippen molar-refractivity contribution in [1.82, 2.24) is 9.62 Å². The molecule has 1 aromatic heterocycles. The summed E-state index contributed by atoms with van der Waals surface area (Å²) >= 11 is 1.39. The fourth-order valence-electron chi connectivity index (χ4n) is 2.78. The number of hydrogen-bond acceptors (Lipinski definition) is 4. The second-order valence-electron chi connectivity index (χ2n) is 5.73. The number of rotatable bonds is 4. The first kappa shape index (κ1) is 17.1. The van der Waals surface area contributed by atoms with Crippen molar-refractivity contribution in [2.24, 2.45) is 0 Å². The molecule has 1 saturated heterocycles. The van der Waals surface area contributed by atoms with E-state index >= 15 is 0 Å². The van der Waals surface area contributed by atoms with E-state index in [4.69, 9.17) is 0 Å². The summed E-state index contributed by atoms with van der Waals surface area (Å²) < 4.78 is 26.9. The lowest BCUT2D eigenvalue weighted by Crippen LogP contribution is -2.35. The molecule has 0 atom stereocenters. The van der Waals surface area contributed by atoms with Crippen molar-refractivity contribution >= 4 is 27.3 Å². The Morgan fingerprint density at radius 2 is 1.71 bits per heavy atom. The zero-order valence-corrected chi connectivity index (χ0v) is 15.1. The maximum Gasteiger partial charge on any atom is 0.261 e. The molecule has 1 aliphatic rings. The van der Waals surface area contributed by atoms with Gasteiger partial charge in [0.1, 0.15) is 0 Å². The fraction of sp³-hybridized carbons (Fsp3) is 0.353. The van der Waals surface area contributed by atoms with Crippen molar-refractivity contribution in [3.05, 3.63) is 41.3 Å². The number of benzene rings is 1. The lowest BCUT2D eigenvalue weighted by Gasteiger charge is -2.25. The molecular formula is C17H20N2O3S2. The van der Waals surface area contributed by atoms with Crippen LogP contribution in [-0.2, 0) is 10.0 Å². The van der Waals surface area contributed by atoms with E-state index < -0.39 is 10.0 Å². The van der Waals surface area contributed by atoms with E-state index in [2.05, 4.69) is 5.32 Å². The van der Waals surface area contributed by atoms with Crippen LogP contribution in [0, 0.1) is 0 Å². The van der Waals surface area contributed by atoms with Gasteiger partial charge in [0, 0.05) is 25.0 Å². The molecule has 1 amide bonds. The minimum Gasteiger partial charge on any atom is -0.354 e. The first-order valence-electron chi connectivity index (χ1n) is 7.95. The van der Waals surface area contributed by atoms with Crippen molar-refractivity contribution < 1.29 is 13.2 Å². The van der Waals surface area contributed by atoms with Crippen LogP contribution in [0.15, 0.2) is 41.3 Å². The molecule has 0 bridgehead atoms. The van der Waals surface area contributed by atoms with Crippen LogP contribution in [0.5, 0.6) is 0 Å². The van der Waals surface area contributed by atoms with Crippen LogP contribution in [0.3, 0.4) is 0 Å². The molecule has 1 aliphatic heterocycles. The topological polar surface area (TPSA) is 66.5 Å². The first-order valence-corrected chi connectivity index (χ1v) is 10.2. The Morgan fingerprint density at radius 3 is 2.33 bits per heavy atom. The Balaban J connectivity index is 1.82. The van der Waals surface area contributed by atoms with Gasteiger partial charge in [0.2, 0.25) is 10.0 Å². The van der Waals surface area contributed by atoms with Crippen LogP contribution in [0.4, 0.5) is 0 Å². The van der Waals surface area contributed by atoms with E-state index in [9.17, 15) is 13.2 Å². The van der Waals surface area contributed by atoms with Crippen molar-refractivity contribution in [2.75, 3.05) is 20.1 Å². The van der Waals surface area contributed by atoms with Gasteiger partial charge in [-0.1, -0.05) is 18.6 Å². The zero-order valence-electron chi connectivity index (χ0n) is 13.5. The van der Waals surface area contributed by atoms with Crippen molar-refractivity contribution in [1.29, 1.82) is 0 Å². The molecule has 3 rings (SSSR count). The highest BCUT2D eigenvalue weighted by atomic mass is 32.2. The number of nitrogens with one attached hydrogen (secondary N) is 1. The predicted molar refractivity (Wildman–Crippen MR) is 95.8 cm³/mol. The predicted octanol–water partition coefficient (Wildman–Crippen LogP) is 2.95. The Bertz CT molecular complexity index is 820. The van der Waals surface area contributed by atoms with E-state index in [1.807, 2.05) is 6.07 Å². The molecule has 2 aromatic rings. The standard InChI is InChI=1S/C17H20N2O3S2/c1-18-17(20)16-10-9-15(23-16)13-5-7-14(8-6-13)24(21,22)19-11-3-2-4-12-19/h5-10H,2-4,11-12H2,1H3,(H,18,20). The second kappa shape index (κ2) is 7.04. The number of piperidine rings is 1. The van der Waals surface area contributed by atoms with Gasteiger partial charge in [-0.3, -0.25) is 4.79 Å². The second-order valence-corrected chi connectivity index (χ2v) is 8.75. The largest absolute Gasteiger partial charge is 0.354 e. The molecule has 24 heavy (non-hydrogen) atoms. The normalized spacial score (nSPS) is 16.0. The molecule has 1 N–H and O–H groups in total. The summed E-state index contributed by atoms with van der Waals surface area (Å²) in [4.78, 5) is 13.5. The van der Waals surface area contributed by atoms with Crippen molar-refractivity contribution in [3.8, 4) is 10.4 Å². The molecule has 0 aliphatic carbocycles. The molecule has 0 unspecified atom stereocenters. The SMILES string of the molecule is CNC(=O)c1ccc(-c2ccc(S(=O)(=O)N3CCCCC3)cc2)s1. The number of thiophene rings is 1. The number of hydrogen-bond donors (Lipinski definition) is 1. The molecule has 2 heterocycles. The molecule has 1 fully saturated rings. The van der Waals surface area contributed by atoms with Crippen LogP contribution in [0.2, 0.25) is 0 Å². The Labute approximate surface area is 146 Å². The molecule has 0 saturated carbocycles. The van der Waals surface area contributed by atoms with Crippen LogP contribution < -0.4 is 5.32 Å². The summed E-state index contributed by atoms with van der Waals surface area (Å²) in [5.74, 6) is -0.115. The zero-order chi connectivity index (χ0) is 17.2. The Morgan fingerprint density at radius 1 is 1.04 bits per heavy atom. The monoisotopic (exact) mass is 364 g/mol. The summed E-state index contributed by atoms with van der Waals surface area (Å²) in [5.41, 5.74) is 0.910. The Kier molecular flexibility index (Phi) is 5.03. The summed E-state index contributed by atoms with van der Waals surface area (Å²) in [6.45, 7) is 1.20. The van der Waals surface area contributed by atoms with E-state index in [0.29, 0.717) is 22.9 Å². The molecule has 0 spiro atoms. The van der Waals surface area contributed by atoms with Gasteiger partial charge in [-0.05, 0) is 42.7 Å². The summed E-state index contributed by atoms with van der Waals surface area (Å²) in [7, 11) is -1.80. The maximum absolute atomic E-state index is 12.6. The number of amides is 1. The highest BCUT2D eigenvalue weighted by molar-refractivity contribution is 7.89. The lowest BCUT2D eigenvalue weighted by atomic mass is 10.2. The molecule has 128 valence electrons. The van der Waals surface area contributed by atoms with Gasteiger partial charge in [-0.2, -0.15) is 4.31 Å². The Hall–Kier alpha value is -1.70. The number of carbonyl (C=O) groups is 1. The van der Waals surface area contributed by atoms with E-state index in [0.717, 1.165) is 29.7 Å². The molecule has 0 radical (unpaired) electrons. The molecule has 5 nitrogen and oxygen atoms in total. The lowest BCUT2D eigenvalue weighted by molar-refractivity contribution is 0.0967. The maximum atomic E-state index is 12.6. The average molecular weight is 364 g/mol. The number of carbonyl (C=O) groups excluding carboxylic acids is 1. The van der Waals surface area contributed by atoms with Gasteiger partial charge in [-0.15, -0.1) is 11.3 Å².